The lowest BCUT2D eigenvalue weighted by Crippen LogP contribution is -2.23. The van der Waals surface area contributed by atoms with Gasteiger partial charge in [-0.15, -0.1) is 0 Å². The first-order chi connectivity index (χ1) is 7.52. The van der Waals surface area contributed by atoms with Gasteiger partial charge in [0, 0.05) is 26.0 Å². The molecular weight excluding hydrogens is 210 g/mol. The molecule has 88 valence electrons. The van der Waals surface area contributed by atoms with Crippen molar-refractivity contribution in [3.63, 3.8) is 0 Å². The zero-order chi connectivity index (χ0) is 12.1. The number of nitrogens with one attached hydrogen (secondary N) is 1. The van der Waals surface area contributed by atoms with Gasteiger partial charge in [0.05, 0.1) is 5.92 Å². The van der Waals surface area contributed by atoms with E-state index in [9.17, 15) is 9.59 Å². The van der Waals surface area contributed by atoms with Crippen molar-refractivity contribution in [3.8, 4) is 0 Å². The van der Waals surface area contributed by atoms with Gasteiger partial charge < -0.3 is 15.0 Å². The van der Waals surface area contributed by atoms with E-state index >= 15 is 0 Å². The topological polar surface area (TPSA) is 84.2 Å². The molecule has 1 rings (SSSR count). The van der Waals surface area contributed by atoms with Crippen LogP contribution in [0.4, 0.5) is 5.82 Å². The molecule has 0 spiro atoms. The molecule has 0 amide bonds. The minimum absolute atomic E-state index is 0.217. The maximum Gasteiger partial charge on any atom is 0.306 e. The SMILES string of the molecule is CC(CCNc1nccn(C)c1=O)C(=O)O. The Balaban J connectivity index is 2.53. The molecule has 1 heterocycles. The number of rotatable bonds is 5. The van der Waals surface area contributed by atoms with Crippen LogP contribution in [0.15, 0.2) is 17.2 Å². The molecule has 0 aliphatic carbocycles. The van der Waals surface area contributed by atoms with Crippen LogP contribution in [0.3, 0.4) is 0 Å². The summed E-state index contributed by atoms with van der Waals surface area (Å²) in [7, 11) is 1.63. The number of carboxylic acids is 1. The number of aromatic nitrogens is 2. The van der Waals surface area contributed by atoms with Crippen LogP contribution in [-0.4, -0.2) is 27.2 Å². The van der Waals surface area contributed by atoms with E-state index in [-0.39, 0.29) is 11.4 Å². The Bertz CT molecular complexity index is 428. The first-order valence-corrected chi connectivity index (χ1v) is 5.00. The van der Waals surface area contributed by atoms with E-state index in [0.29, 0.717) is 13.0 Å². The Morgan fingerprint density at radius 1 is 1.69 bits per heavy atom. The largest absolute Gasteiger partial charge is 0.481 e. The lowest BCUT2D eigenvalue weighted by molar-refractivity contribution is -0.141. The van der Waals surface area contributed by atoms with Gasteiger partial charge in [0.15, 0.2) is 5.82 Å². The van der Waals surface area contributed by atoms with Crippen molar-refractivity contribution in [2.24, 2.45) is 13.0 Å². The van der Waals surface area contributed by atoms with Gasteiger partial charge in [0.2, 0.25) is 0 Å². The fourth-order valence-corrected chi connectivity index (χ4v) is 1.15. The Labute approximate surface area is 92.9 Å². The second kappa shape index (κ2) is 5.29. The van der Waals surface area contributed by atoms with Crippen LogP contribution in [0.1, 0.15) is 13.3 Å². The third kappa shape index (κ3) is 3.08. The summed E-state index contributed by atoms with van der Waals surface area (Å²) in [5.74, 6) is -1.02. The Morgan fingerprint density at radius 2 is 2.38 bits per heavy atom. The third-order valence-electron chi connectivity index (χ3n) is 2.31. The number of hydrogen-bond donors (Lipinski definition) is 2. The van der Waals surface area contributed by atoms with Crippen LogP contribution < -0.4 is 10.9 Å². The summed E-state index contributed by atoms with van der Waals surface area (Å²) in [5, 5.41) is 11.5. The summed E-state index contributed by atoms with van der Waals surface area (Å²) in [6, 6.07) is 0. The Morgan fingerprint density at radius 3 is 3.00 bits per heavy atom. The third-order valence-corrected chi connectivity index (χ3v) is 2.31. The summed E-state index contributed by atoms with van der Waals surface area (Å²) < 4.78 is 1.41. The first kappa shape index (κ1) is 12.2. The van der Waals surface area contributed by atoms with Crippen LogP contribution in [0.2, 0.25) is 0 Å². The lowest BCUT2D eigenvalue weighted by atomic mass is 10.1. The quantitative estimate of drug-likeness (QED) is 0.753. The van der Waals surface area contributed by atoms with E-state index in [1.807, 2.05) is 0 Å². The molecule has 0 saturated heterocycles. The second-order valence-corrected chi connectivity index (χ2v) is 3.65. The van der Waals surface area contributed by atoms with Gasteiger partial charge in [-0.2, -0.15) is 0 Å². The van der Waals surface area contributed by atoms with Crippen LogP contribution in [0, 0.1) is 5.92 Å². The van der Waals surface area contributed by atoms with Crippen molar-refractivity contribution >= 4 is 11.8 Å². The molecule has 0 radical (unpaired) electrons. The van der Waals surface area contributed by atoms with Crippen molar-refractivity contribution < 1.29 is 9.90 Å². The maximum atomic E-state index is 11.5. The van der Waals surface area contributed by atoms with E-state index < -0.39 is 11.9 Å². The van der Waals surface area contributed by atoms with Crippen LogP contribution in [0.5, 0.6) is 0 Å². The number of anilines is 1. The highest BCUT2D eigenvalue weighted by Gasteiger charge is 2.10. The number of carbonyl (C=O) groups is 1. The first-order valence-electron chi connectivity index (χ1n) is 5.00. The minimum Gasteiger partial charge on any atom is -0.481 e. The molecule has 16 heavy (non-hydrogen) atoms. The van der Waals surface area contributed by atoms with Crippen molar-refractivity contribution in [1.29, 1.82) is 0 Å². The van der Waals surface area contributed by atoms with E-state index in [2.05, 4.69) is 10.3 Å². The zero-order valence-electron chi connectivity index (χ0n) is 9.30. The minimum atomic E-state index is -0.837. The molecule has 0 fully saturated rings. The second-order valence-electron chi connectivity index (χ2n) is 3.65. The fourth-order valence-electron chi connectivity index (χ4n) is 1.15. The van der Waals surface area contributed by atoms with Crippen LogP contribution in [-0.2, 0) is 11.8 Å². The standard InChI is InChI=1S/C10H15N3O3/c1-7(10(15)16)3-4-11-8-9(14)13(2)6-5-12-8/h5-7H,3-4H2,1-2H3,(H,11,12)(H,15,16). The van der Waals surface area contributed by atoms with Crippen LogP contribution in [0.25, 0.3) is 0 Å². The number of aryl methyl sites for hydroxylation is 1. The van der Waals surface area contributed by atoms with Crippen LogP contribution >= 0.6 is 0 Å². The van der Waals surface area contributed by atoms with E-state index in [1.54, 1.807) is 20.2 Å². The molecular formula is C10H15N3O3. The van der Waals surface area contributed by atoms with Crippen molar-refractivity contribution in [1.82, 2.24) is 9.55 Å². The molecule has 1 atom stereocenters. The molecule has 1 aromatic heterocycles. The molecule has 6 nitrogen and oxygen atoms in total. The van der Waals surface area contributed by atoms with Gasteiger partial charge in [-0.05, 0) is 6.42 Å². The Kier molecular flexibility index (Phi) is 4.04. The van der Waals surface area contributed by atoms with Crippen molar-refractivity contribution in [2.75, 3.05) is 11.9 Å². The smallest absolute Gasteiger partial charge is 0.306 e. The van der Waals surface area contributed by atoms with Crippen molar-refractivity contribution in [2.45, 2.75) is 13.3 Å². The number of nitrogens with zero attached hydrogens (tertiary/aromatic N) is 2. The van der Waals surface area contributed by atoms with Gasteiger partial charge >= 0.3 is 5.97 Å². The number of hydrogen-bond acceptors (Lipinski definition) is 4. The highest BCUT2D eigenvalue weighted by atomic mass is 16.4. The molecule has 0 aliphatic heterocycles. The van der Waals surface area contributed by atoms with Gasteiger partial charge in [0.1, 0.15) is 0 Å². The molecule has 0 aliphatic rings. The average molecular weight is 225 g/mol. The van der Waals surface area contributed by atoms with Gasteiger partial charge in [-0.25, -0.2) is 4.98 Å². The van der Waals surface area contributed by atoms with E-state index in [0.717, 1.165) is 0 Å². The summed E-state index contributed by atoms with van der Waals surface area (Å²) in [4.78, 5) is 25.9. The van der Waals surface area contributed by atoms with Crippen molar-refractivity contribution in [3.05, 3.63) is 22.7 Å². The predicted octanol–water partition coefficient (Wildman–Crippen LogP) is 0.303. The van der Waals surface area contributed by atoms with Gasteiger partial charge in [-0.1, -0.05) is 6.92 Å². The number of carboxylic acid groups (broad SMARTS) is 1. The number of aliphatic carboxylic acids is 1. The normalized spacial score (nSPS) is 12.1. The molecule has 0 saturated carbocycles. The average Bonchev–Trinajstić information content (AvgIpc) is 2.24. The highest BCUT2D eigenvalue weighted by molar-refractivity contribution is 5.69. The fraction of sp³-hybridized carbons (Fsp3) is 0.500. The molecule has 2 N–H and O–H groups in total. The molecule has 1 aromatic rings. The summed E-state index contributed by atoms with van der Waals surface area (Å²) >= 11 is 0. The Hall–Kier alpha value is -1.85. The molecule has 6 heteroatoms. The summed E-state index contributed by atoms with van der Waals surface area (Å²) in [6.07, 6.45) is 3.53. The van der Waals surface area contributed by atoms with Gasteiger partial charge in [-0.3, -0.25) is 9.59 Å². The molecule has 0 bridgehead atoms. The summed E-state index contributed by atoms with van der Waals surface area (Å²) in [5.41, 5.74) is -0.217. The van der Waals surface area contributed by atoms with E-state index in [1.165, 1.54) is 10.8 Å². The maximum absolute atomic E-state index is 11.5. The molecule has 1 unspecified atom stereocenters. The lowest BCUT2D eigenvalue weighted by Gasteiger charge is -2.08. The molecule has 0 aromatic carbocycles. The zero-order valence-corrected chi connectivity index (χ0v) is 9.30. The monoisotopic (exact) mass is 225 g/mol. The van der Waals surface area contributed by atoms with E-state index in [4.69, 9.17) is 5.11 Å². The van der Waals surface area contributed by atoms with Gasteiger partial charge in [0.25, 0.3) is 5.56 Å². The highest BCUT2D eigenvalue weighted by Crippen LogP contribution is 2.02. The summed E-state index contributed by atoms with van der Waals surface area (Å²) in [6.45, 7) is 2.04. The predicted molar refractivity (Wildman–Crippen MR) is 59.4 cm³/mol.